The summed E-state index contributed by atoms with van der Waals surface area (Å²) in [6, 6.07) is 16.0. The Morgan fingerprint density at radius 1 is 1.00 bits per heavy atom. The van der Waals surface area contributed by atoms with Crippen molar-refractivity contribution in [3.8, 4) is 11.5 Å². The molecule has 2 aromatic heterocycles. The lowest BCUT2D eigenvalue weighted by molar-refractivity contribution is 0.546. The fourth-order valence-electron chi connectivity index (χ4n) is 2.30. The molecule has 2 aromatic carbocycles. The van der Waals surface area contributed by atoms with Gasteiger partial charge in [-0.2, -0.15) is 0 Å². The van der Waals surface area contributed by atoms with Crippen LogP contribution in [0.3, 0.4) is 0 Å². The van der Waals surface area contributed by atoms with Gasteiger partial charge in [-0.25, -0.2) is 9.79 Å². The van der Waals surface area contributed by atoms with Crippen LogP contribution in [0.25, 0.3) is 22.4 Å². The van der Waals surface area contributed by atoms with Crippen molar-refractivity contribution < 1.29 is 8.83 Å². The number of para-hydroxylation sites is 1. The monoisotopic (exact) mass is 351 g/mol. The summed E-state index contributed by atoms with van der Waals surface area (Å²) in [6.45, 7) is 0. The van der Waals surface area contributed by atoms with Gasteiger partial charge >= 0.3 is 11.6 Å². The van der Waals surface area contributed by atoms with Crippen LogP contribution in [-0.2, 0) is 0 Å². The molecule has 25 heavy (non-hydrogen) atoms. The van der Waals surface area contributed by atoms with E-state index in [1.165, 1.54) is 0 Å². The average Bonchev–Trinajstić information content (AvgIpc) is 3.08. The van der Waals surface area contributed by atoms with Crippen LogP contribution in [0.1, 0.15) is 5.56 Å². The van der Waals surface area contributed by atoms with Crippen molar-refractivity contribution in [2.45, 2.75) is 0 Å². The number of hydrogen-bond acceptors (Lipinski definition) is 6. The molecule has 4 aromatic rings. The van der Waals surface area contributed by atoms with Crippen LogP contribution >= 0.6 is 11.6 Å². The molecule has 0 saturated heterocycles. The SMILES string of the molecule is O=c1oc2ccccc2cc1-c1nnc(/N=C/c2cccc(Cl)c2)o1. The Bertz CT molecular complexity index is 1150. The first-order valence-corrected chi connectivity index (χ1v) is 7.73. The molecule has 4 rings (SSSR count). The summed E-state index contributed by atoms with van der Waals surface area (Å²) in [7, 11) is 0. The van der Waals surface area contributed by atoms with Crippen molar-refractivity contribution >= 4 is 34.8 Å². The van der Waals surface area contributed by atoms with Crippen LogP contribution < -0.4 is 5.63 Å². The van der Waals surface area contributed by atoms with E-state index in [0.717, 1.165) is 10.9 Å². The summed E-state index contributed by atoms with van der Waals surface area (Å²) in [6.07, 6.45) is 1.55. The zero-order chi connectivity index (χ0) is 17.2. The van der Waals surface area contributed by atoms with Gasteiger partial charge in [0.15, 0.2) is 0 Å². The molecule has 0 bridgehead atoms. The third kappa shape index (κ3) is 3.20. The molecule has 0 aliphatic rings. The van der Waals surface area contributed by atoms with Gasteiger partial charge < -0.3 is 8.83 Å². The number of aromatic nitrogens is 2. The molecule has 0 radical (unpaired) electrons. The molecule has 0 amide bonds. The Morgan fingerprint density at radius 2 is 1.88 bits per heavy atom. The van der Waals surface area contributed by atoms with Gasteiger partial charge in [-0.05, 0) is 29.8 Å². The van der Waals surface area contributed by atoms with E-state index < -0.39 is 5.63 Å². The normalized spacial score (nSPS) is 11.4. The van der Waals surface area contributed by atoms with Crippen molar-refractivity contribution in [2.75, 3.05) is 0 Å². The second kappa shape index (κ2) is 6.33. The highest BCUT2D eigenvalue weighted by Gasteiger charge is 2.14. The predicted octanol–water partition coefficient (Wildman–Crippen LogP) is 4.25. The zero-order valence-electron chi connectivity index (χ0n) is 12.7. The summed E-state index contributed by atoms with van der Waals surface area (Å²) in [5.74, 6) is 0.0535. The molecule has 7 heteroatoms. The van der Waals surface area contributed by atoms with Gasteiger partial charge in [-0.1, -0.05) is 47.0 Å². The number of rotatable bonds is 3. The predicted molar refractivity (Wildman–Crippen MR) is 94.5 cm³/mol. The van der Waals surface area contributed by atoms with Crippen molar-refractivity contribution in [1.82, 2.24) is 10.2 Å². The number of nitrogens with zero attached hydrogens (tertiary/aromatic N) is 3. The molecule has 2 heterocycles. The van der Waals surface area contributed by atoms with E-state index in [1.54, 1.807) is 36.5 Å². The first-order valence-electron chi connectivity index (χ1n) is 7.35. The quantitative estimate of drug-likeness (QED) is 0.407. The van der Waals surface area contributed by atoms with E-state index in [0.29, 0.717) is 10.6 Å². The number of aliphatic imine (C=N–C) groups is 1. The van der Waals surface area contributed by atoms with E-state index in [9.17, 15) is 4.79 Å². The largest absolute Gasteiger partial charge is 0.422 e. The van der Waals surface area contributed by atoms with Crippen LogP contribution in [0.2, 0.25) is 5.02 Å². The first-order chi connectivity index (χ1) is 12.2. The highest BCUT2D eigenvalue weighted by molar-refractivity contribution is 6.30. The molecule has 0 N–H and O–H groups in total. The minimum Gasteiger partial charge on any atom is -0.422 e. The van der Waals surface area contributed by atoms with Gasteiger partial charge in [0.1, 0.15) is 11.1 Å². The summed E-state index contributed by atoms with van der Waals surface area (Å²) in [4.78, 5) is 16.2. The highest BCUT2D eigenvalue weighted by Crippen LogP contribution is 2.22. The molecule has 0 aliphatic heterocycles. The standard InChI is InChI=1S/C18H10ClN3O3/c19-13-6-3-4-11(8-13)10-20-18-22-21-16(25-18)14-9-12-5-1-2-7-15(12)24-17(14)23/h1-10H/b20-10+. The lowest BCUT2D eigenvalue weighted by atomic mass is 10.2. The van der Waals surface area contributed by atoms with Gasteiger partial charge in [0.05, 0.1) is 0 Å². The van der Waals surface area contributed by atoms with E-state index in [2.05, 4.69) is 15.2 Å². The minimum absolute atomic E-state index is 0.0301. The Morgan fingerprint density at radius 3 is 2.76 bits per heavy atom. The lowest BCUT2D eigenvalue weighted by Crippen LogP contribution is -2.02. The van der Waals surface area contributed by atoms with Crippen molar-refractivity contribution in [3.05, 3.63) is 75.6 Å². The molecule has 6 nitrogen and oxygen atoms in total. The number of halogens is 1. The highest BCUT2D eigenvalue weighted by atomic mass is 35.5. The van der Waals surface area contributed by atoms with Gasteiger partial charge in [-0.3, -0.25) is 0 Å². The second-order valence-corrected chi connectivity index (χ2v) is 5.62. The van der Waals surface area contributed by atoms with Gasteiger partial charge in [0, 0.05) is 16.6 Å². The van der Waals surface area contributed by atoms with Crippen molar-refractivity contribution in [2.24, 2.45) is 4.99 Å². The van der Waals surface area contributed by atoms with Crippen LogP contribution in [-0.4, -0.2) is 16.4 Å². The summed E-state index contributed by atoms with van der Waals surface area (Å²) < 4.78 is 10.7. The molecular weight excluding hydrogens is 342 g/mol. The van der Waals surface area contributed by atoms with E-state index in [1.807, 2.05) is 24.3 Å². The lowest BCUT2D eigenvalue weighted by Gasteiger charge is -1.97. The topological polar surface area (TPSA) is 81.5 Å². The van der Waals surface area contributed by atoms with Crippen molar-refractivity contribution in [1.29, 1.82) is 0 Å². The summed E-state index contributed by atoms with van der Waals surface area (Å²) in [5, 5.41) is 9.05. The third-order valence-corrected chi connectivity index (χ3v) is 3.69. The maximum absolute atomic E-state index is 12.1. The maximum Gasteiger partial charge on any atom is 0.349 e. The van der Waals surface area contributed by atoms with E-state index in [4.69, 9.17) is 20.4 Å². The number of benzene rings is 2. The first kappa shape index (κ1) is 15.3. The molecular formula is C18H10ClN3O3. The number of hydrogen-bond donors (Lipinski definition) is 0. The van der Waals surface area contributed by atoms with E-state index >= 15 is 0 Å². The Labute approximate surface area is 146 Å². The van der Waals surface area contributed by atoms with Gasteiger partial charge in [0.2, 0.25) is 0 Å². The van der Waals surface area contributed by atoms with Crippen LogP contribution in [0.4, 0.5) is 6.01 Å². The molecule has 0 fully saturated rings. The smallest absolute Gasteiger partial charge is 0.349 e. The Hall–Kier alpha value is -3.25. The van der Waals surface area contributed by atoms with Crippen LogP contribution in [0.15, 0.2) is 73.2 Å². The second-order valence-electron chi connectivity index (χ2n) is 5.19. The summed E-state index contributed by atoms with van der Waals surface area (Å²) in [5.41, 5.74) is 0.926. The van der Waals surface area contributed by atoms with Crippen LogP contribution in [0, 0.1) is 0 Å². The molecule has 0 spiro atoms. The molecule has 0 atom stereocenters. The molecule has 0 aliphatic carbocycles. The fourth-order valence-corrected chi connectivity index (χ4v) is 2.50. The van der Waals surface area contributed by atoms with Crippen molar-refractivity contribution in [3.63, 3.8) is 0 Å². The zero-order valence-corrected chi connectivity index (χ0v) is 13.5. The van der Waals surface area contributed by atoms with Gasteiger partial charge in [0.25, 0.3) is 5.89 Å². The minimum atomic E-state index is -0.548. The van der Waals surface area contributed by atoms with E-state index in [-0.39, 0.29) is 17.5 Å². The maximum atomic E-state index is 12.1. The summed E-state index contributed by atoms with van der Waals surface area (Å²) >= 11 is 5.92. The van der Waals surface area contributed by atoms with Crippen LogP contribution in [0.5, 0.6) is 0 Å². The number of fused-ring (bicyclic) bond motifs is 1. The van der Waals surface area contributed by atoms with Gasteiger partial charge in [-0.15, -0.1) is 5.10 Å². The third-order valence-electron chi connectivity index (χ3n) is 3.46. The molecule has 0 unspecified atom stereocenters. The molecule has 0 saturated carbocycles. The Kier molecular flexibility index (Phi) is 3.87. The molecule has 122 valence electrons. The Balaban J connectivity index is 1.67. The average molecular weight is 352 g/mol. The fraction of sp³-hybridized carbons (Fsp3) is 0.